The van der Waals surface area contributed by atoms with Crippen LogP contribution in [0.1, 0.15) is 47.0 Å². The molecule has 2 aromatic heterocycles. The Kier molecular flexibility index (Phi) is 8.13. The van der Waals surface area contributed by atoms with Crippen molar-refractivity contribution in [3.63, 3.8) is 0 Å². The van der Waals surface area contributed by atoms with E-state index in [4.69, 9.17) is 0 Å². The number of amides is 2. The predicted octanol–water partition coefficient (Wildman–Crippen LogP) is 3.07. The molecule has 2 N–H and O–H groups in total. The molecule has 0 fully saturated rings. The van der Waals surface area contributed by atoms with Crippen LogP contribution in [0.5, 0.6) is 0 Å². The van der Waals surface area contributed by atoms with Gasteiger partial charge in [0.15, 0.2) is 11.0 Å². The number of benzene rings is 1. The van der Waals surface area contributed by atoms with Crippen molar-refractivity contribution in [2.45, 2.75) is 51.9 Å². The molecule has 9 nitrogen and oxygen atoms in total. The van der Waals surface area contributed by atoms with Crippen LogP contribution in [0.25, 0.3) is 0 Å². The highest BCUT2D eigenvalue weighted by molar-refractivity contribution is 7.99. The van der Waals surface area contributed by atoms with Gasteiger partial charge in [0.2, 0.25) is 11.0 Å². The fourth-order valence-corrected chi connectivity index (χ4v) is 4.51. The number of rotatable bonds is 10. The molecule has 0 aliphatic heterocycles. The first kappa shape index (κ1) is 22.9. The lowest BCUT2D eigenvalue weighted by atomic mass is 10.1. The standard InChI is InChI=1S/C20H25N7O2S2/c1-4-7-17-24-25-19(31-17)22-16(28)12-30-20-26-23-15(27(20)5-2)11-21-18(29)14-9-6-8-13(3)10-14/h6,8-10H,4-5,7,11-12H2,1-3H3,(H,21,29)(H,22,25,28). The summed E-state index contributed by atoms with van der Waals surface area (Å²) in [5.74, 6) is 0.475. The van der Waals surface area contributed by atoms with Crippen molar-refractivity contribution in [3.05, 3.63) is 46.2 Å². The number of carbonyl (C=O) groups is 2. The molecule has 3 aromatic rings. The summed E-state index contributed by atoms with van der Waals surface area (Å²) in [5.41, 5.74) is 1.63. The van der Waals surface area contributed by atoms with Gasteiger partial charge in [-0.1, -0.05) is 47.7 Å². The Morgan fingerprint density at radius 1 is 1.16 bits per heavy atom. The van der Waals surface area contributed by atoms with E-state index < -0.39 is 0 Å². The SMILES string of the molecule is CCCc1nnc(NC(=O)CSc2nnc(CNC(=O)c3cccc(C)c3)n2CC)s1. The molecule has 0 aliphatic rings. The molecule has 2 heterocycles. The number of hydrogen-bond acceptors (Lipinski definition) is 8. The second-order valence-electron chi connectivity index (χ2n) is 6.78. The summed E-state index contributed by atoms with van der Waals surface area (Å²) in [7, 11) is 0. The summed E-state index contributed by atoms with van der Waals surface area (Å²) in [4.78, 5) is 24.6. The van der Waals surface area contributed by atoms with Crippen LogP contribution in [-0.4, -0.2) is 42.5 Å². The van der Waals surface area contributed by atoms with Gasteiger partial charge < -0.3 is 9.88 Å². The zero-order valence-corrected chi connectivity index (χ0v) is 19.3. The molecule has 31 heavy (non-hydrogen) atoms. The van der Waals surface area contributed by atoms with Crippen LogP contribution >= 0.6 is 23.1 Å². The lowest BCUT2D eigenvalue weighted by Gasteiger charge is -2.08. The molecule has 1 aromatic carbocycles. The van der Waals surface area contributed by atoms with Crippen LogP contribution in [0.3, 0.4) is 0 Å². The van der Waals surface area contributed by atoms with Crippen molar-refractivity contribution in [2.75, 3.05) is 11.1 Å². The van der Waals surface area contributed by atoms with Gasteiger partial charge in [-0.15, -0.1) is 20.4 Å². The molecule has 0 atom stereocenters. The minimum absolute atomic E-state index is 0.164. The van der Waals surface area contributed by atoms with Crippen LogP contribution in [0.2, 0.25) is 0 Å². The second kappa shape index (κ2) is 11.0. The maximum Gasteiger partial charge on any atom is 0.251 e. The van der Waals surface area contributed by atoms with Gasteiger partial charge in [0.25, 0.3) is 5.91 Å². The Labute approximate surface area is 189 Å². The summed E-state index contributed by atoms with van der Waals surface area (Å²) in [6.45, 7) is 6.87. The molecule has 11 heteroatoms. The van der Waals surface area contributed by atoms with Crippen LogP contribution in [-0.2, 0) is 24.3 Å². The topological polar surface area (TPSA) is 115 Å². The Morgan fingerprint density at radius 3 is 2.74 bits per heavy atom. The van der Waals surface area contributed by atoms with Crippen molar-refractivity contribution in [1.82, 2.24) is 30.3 Å². The van der Waals surface area contributed by atoms with E-state index in [-0.39, 0.29) is 24.1 Å². The number of aryl methyl sites for hydroxylation is 2. The van der Waals surface area contributed by atoms with Crippen molar-refractivity contribution < 1.29 is 9.59 Å². The van der Waals surface area contributed by atoms with E-state index in [1.54, 1.807) is 6.07 Å². The van der Waals surface area contributed by atoms with Crippen molar-refractivity contribution in [3.8, 4) is 0 Å². The van der Waals surface area contributed by atoms with Crippen molar-refractivity contribution in [2.24, 2.45) is 0 Å². The normalized spacial score (nSPS) is 10.8. The number of carbonyl (C=O) groups excluding carboxylic acids is 2. The first-order valence-electron chi connectivity index (χ1n) is 10.0. The van der Waals surface area contributed by atoms with E-state index in [1.807, 2.05) is 36.6 Å². The molecule has 0 radical (unpaired) electrons. The summed E-state index contributed by atoms with van der Waals surface area (Å²) in [5, 5.41) is 24.1. The van der Waals surface area contributed by atoms with Gasteiger partial charge in [-0.25, -0.2) is 0 Å². The van der Waals surface area contributed by atoms with Gasteiger partial charge in [0.05, 0.1) is 12.3 Å². The third-order valence-corrected chi connectivity index (χ3v) is 6.17. The molecular weight excluding hydrogens is 434 g/mol. The molecule has 0 spiro atoms. The molecule has 0 bridgehead atoms. The number of thioether (sulfide) groups is 1. The van der Waals surface area contributed by atoms with E-state index in [1.165, 1.54) is 23.1 Å². The molecule has 0 unspecified atom stereocenters. The Morgan fingerprint density at radius 2 is 2.00 bits per heavy atom. The van der Waals surface area contributed by atoms with E-state index in [0.717, 1.165) is 23.4 Å². The minimum Gasteiger partial charge on any atom is -0.345 e. The highest BCUT2D eigenvalue weighted by Crippen LogP contribution is 2.20. The Bertz CT molecular complexity index is 1050. The van der Waals surface area contributed by atoms with Gasteiger partial charge >= 0.3 is 0 Å². The van der Waals surface area contributed by atoms with Gasteiger partial charge in [-0.2, -0.15) is 0 Å². The predicted molar refractivity (Wildman–Crippen MR) is 121 cm³/mol. The average molecular weight is 460 g/mol. The number of anilines is 1. The largest absolute Gasteiger partial charge is 0.345 e. The molecule has 0 saturated heterocycles. The fraction of sp³-hybridized carbons (Fsp3) is 0.400. The Hall–Kier alpha value is -2.79. The van der Waals surface area contributed by atoms with Crippen LogP contribution in [0.4, 0.5) is 5.13 Å². The molecular formula is C20H25N7O2S2. The maximum atomic E-state index is 12.4. The van der Waals surface area contributed by atoms with E-state index >= 15 is 0 Å². The zero-order valence-electron chi connectivity index (χ0n) is 17.7. The second-order valence-corrected chi connectivity index (χ2v) is 8.79. The van der Waals surface area contributed by atoms with Gasteiger partial charge in [0.1, 0.15) is 5.01 Å². The van der Waals surface area contributed by atoms with Gasteiger partial charge in [-0.3, -0.25) is 14.9 Å². The molecule has 0 aliphatic carbocycles. The van der Waals surface area contributed by atoms with E-state index in [2.05, 4.69) is 38.0 Å². The lowest BCUT2D eigenvalue weighted by Crippen LogP contribution is -2.25. The van der Waals surface area contributed by atoms with Crippen LogP contribution in [0.15, 0.2) is 29.4 Å². The average Bonchev–Trinajstić information content (AvgIpc) is 3.36. The van der Waals surface area contributed by atoms with Gasteiger partial charge in [0, 0.05) is 18.5 Å². The summed E-state index contributed by atoms with van der Waals surface area (Å²) in [6, 6.07) is 7.41. The molecule has 2 amide bonds. The first-order valence-corrected chi connectivity index (χ1v) is 11.8. The number of nitrogens with one attached hydrogen (secondary N) is 2. The highest BCUT2D eigenvalue weighted by Gasteiger charge is 2.15. The maximum absolute atomic E-state index is 12.4. The summed E-state index contributed by atoms with van der Waals surface area (Å²) in [6.07, 6.45) is 1.84. The highest BCUT2D eigenvalue weighted by atomic mass is 32.2. The Balaban J connectivity index is 1.54. The molecule has 0 saturated carbocycles. The first-order chi connectivity index (χ1) is 15.0. The minimum atomic E-state index is -0.177. The molecule has 3 rings (SSSR count). The number of hydrogen-bond donors (Lipinski definition) is 2. The van der Waals surface area contributed by atoms with E-state index in [9.17, 15) is 9.59 Å². The van der Waals surface area contributed by atoms with Crippen LogP contribution in [0, 0.1) is 6.92 Å². The monoisotopic (exact) mass is 459 g/mol. The number of aromatic nitrogens is 5. The fourth-order valence-electron chi connectivity index (χ4n) is 2.83. The lowest BCUT2D eigenvalue weighted by molar-refractivity contribution is -0.113. The zero-order chi connectivity index (χ0) is 22.2. The third-order valence-electron chi connectivity index (χ3n) is 4.31. The summed E-state index contributed by atoms with van der Waals surface area (Å²) < 4.78 is 1.89. The quantitative estimate of drug-likeness (QED) is 0.448. The van der Waals surface area contributed by atoms with Crippen molar-refractivity contribution >= 4 is 40.0 Å². The smallest absolute Gasteiger partial charge is 0.251 e. The molecule has 164 valence electrons. The summed E-state index contributed by atoms with van der Waals surface area (Å²) >= 11 is 2.68. The third kappa shape index (κ3) is 6.34. The number of nitrogens with zero attached hydrogens (tertiary/aromatic N) is 5. The van der Waals surface area contributed by atoms with E-state index in [0.29, 0.717) is 28.2 Å². The van der Waals surface area contributed by atoms with Gasteiger partial charge in [-0.05, 0) is 32.4 Å². The van der Waals surface area contributed by atoms with Crippen LogP contribution < -0.4 is 10.6 Å². The van der Waals surface area contributed by atoms with Crippen molar-refractivity contribution in [1.29, 1.82) is 0 Å².